The van der Waals surface area contributed by atoms with E-state index in [9.17, 15) is 9.59 Å². The molecule has 3 heterocycles. The van der Waals surface area contributed by atoms with E-state index in [2.05, 4.69) is 10.3 Å². The number of hydrogen-bond donors (Lipinski definition) is 1. The zero-order chi connectivity index (χ0) is 20.5. The monoisotopic (exact) mass is 432 g/mol. The molecule has 0 radical (unpaired) electrons. The molecular weight excluding hydrogens is 416 g/mol. The summed E-state index contributed by atoms with van der Waals surface area (Å²) in [5.74, 6) is -0.166. The molecule has 5 rings (SSSR count). The number of thiazole rings is 1. The van der Waals surface area contributed by atoms with Gasteiger partial charge in [-0.1, -0.05) is 24.3 Å². The molecule has 8 heteroatoms. The second kappa shape index (κ2) is 7.81. The predicted molar refractivity (Wildman–Crippen MR) is 122 cm³/mol. The van der Waals surface area contributed by atoms with Crippen LogP contribution in [-0.2, 0) is 11.3 Å². The van der Waals surface area contributed by atoms with E-state index < -0.39 is 0 Å². The highest BCUT2D eigenvalue weighted by Crippen LogP contribution is 2.34. The summed E-state index contributed by atoms with van der Waals surface area (Å²) in [4.78, 5) is 34.8. The van der Waals surface area contributed by atoms with Gasteiger partial charge in [0, 0.05) is 18.5 Å². The molecular formula is C22H16N4O2S2. The van der Waals surface area contributed by atoms with Crippen LogP contribution in [0.5, 0.6) is 0 Å². The Balaban J connectivity index is 1.35. The van der Waals surface area contributed by atoms with Crippen molar-refractivity contribution in [1.29, 1.82) is 0 Å². The summed E-state index contributed by atoms with van der Waals surface area (Å²) in [6.07, 6.45) is 1.68. The molecule has 6 nitrogen and oxygen atoms in total. The van der Waals surface area contributed by atoms with Gasteiger partial charge in [0.15, 0.2) is 0 Å². The molecule has 0 atom stereocenters. The van der Waals surface area contributed by atoms with Crippen LogP contribution in [0.2, 0.25) is 0 Å². The average molecular weight is 433 g/mol. The average Bonchev–Trinajstić information content (AvgIpc) is 3.41. The van der Waals surface area contributed by atoms with E-state index in [4.69, 9.17) is 4.98 Å². The lowest BCUT2D eigenvalue weighted by atomic mass is 10.2. The number of aromatic nitrogens is 3. The number of carbonyl (C=O) groups excluding carboxylic acids is 1. The maximum Gasteiger partial charge on any atom is 0.262 e. The zero-order valence-corrected chi connectivity index (χ0v) is 17.4. The van der Waals surface area contributed by atoms with Gasteiger partial charge in [0.25, 0.3) is 5.56 Å². The van der Waals surface area contributed by atoms with Gasteiger partial charge in [0.2, 0.25) is 5.91 Å². The fraction of sp³-hybridized carbons (Fsp3) is 0.0909. The van der Waals surface area contributed by atoms with Gasteiger partial charge >= 0.3 is 0 Å². The summed E-state index contributed by atoms with van der Waals surface area (Å²) in [5, 5.41) is 6.26. The van der Waals surface area contributed by atoms with Crippen molar-refractivity contribution in [2.45, 2.75) is 13.0 Å². The Morgan fingerprint density at radius 3 is 2.80 bits per heavy atom. The summed E-state index contributed by atoms with van der Waals surface area (Å²) in [6, 6.07) is 17.4. The van der Waals surface area contributed by atoms with Crippen molar-refractivity contribution < 1.29 is 4.79 Å². The van der Waals surface area contributed by atoms with Crippen LogP contribution in [0.25, 0.3) is 31.0 Å². The van der Waals surface area contributed by atoms with Crippen molar-refractivity contribution >= 4 is 54.7 Å². The third-order valence-electron chi connectivity index (χ3n) is 4.76. The largest absolute Gasteiger partial charge is 0.325 e. The molecule has 2 aromatic carbocycles. The number of rotatable bonds is 5. The number of benzene rings is 2. The molecule has 30 heavy (non-hydrogen) atoms. The third kappa shape index (κ3) is 3.51. The maximum absolute atomic E-state index is 12.6. The Kier molecular flexibility index (Phi) is 4.86. The number of carbonyl (C=O) groups is 1. The lowest BCUT2D eigenvalue weighted by molar-refractivity contribution is -0.116. The molecule has 0 saturated heterocycles. The maximum atomic E-state index is 12.6. The van der Waals surface area contributed by atoms with E-state index in [1.165, 1.54) is 22.2 Å². The SMILES string of the molecule is O=C(CCn1cnc2sccc2c1=O)Nc1ccccc1-c1nc2ccccc2s1. The highest BCUT2D eigenvalue weighted by atomic mass is 32.1. The van der Waals surface area contributed by atoms with Crippen LogP contribution < -0.4 is 10.9 Å². The van der Waals surface area contributed by atoms with E-state index in [0.29, 0.717) is 15.9 Å². The second-order valence-corrected chi connectivity index (χ2v) is 8.64. The quantitative estimate of drug-likeness (QED) is 0.434. The van der Waals surface area contributed by atoms with Crippen LogP contribution >= 0.6 is 22.7 Å². The van der Waals surface area contributed by atoms with Gasteiger partial charge < -0.3 is 5.32 Å². The molecule has 1 N–H and O–H groups in total. The Bertz CT molecular complexity index is 1400. The first-order chi connectivity index (χ1) is 14.7. The zero-order valence-electron chi connectivity index (χ0n) is 15.7. The summed E-state index contributed by atoms with van der Waals surface area (Å²) in [5.41, 5.74) is 2.41. The van der Waals surface area contributed by atoms with Crippen LogP contribution in [-0.4, -0.2) is 20.4 Å². The first-order valence-corrected chi connectivity index (χ1v) is 11.1. The van der Waals surface area contributed by atoms with Crippen molar-refractivity contribution in [3.8, 4) is 10.6 Å². The molecule has 0 aliphatic carbocycles. The van der Waals surface area contributed by atoms with Crippen LogP contribution in [0.1, 0.15) is 6.42 Å². The smallest absolute Gasteiger partial charge is 0.262 e. The summed E-state index contributed by atoms with van der Waals surface area (Å²) in [6.45, 7) is 0.271. The molecule has 5 aromatic rings. The molecule has 0 unspecified atom stereocenters. The highest BCUT2D eigenvalue weighted by Gasteiger charge is 2.13. The third-order valence-corrected chi connectivity index (χ3v) is 6.65. The number of anilines is 1. The summed E-state index contributed by atoms with van der Waals surface area (Å²) < 4.78 is 2.58. The molecule has 0 aliphatic heterocycles. The van der Waals surface area contributed by atoms with Crippen molar-refractivity contribution in [2.75, 3.05) is 5.32 Å². The van der Waals surface area contributed by atoms with Gasteiger partial charge in [0.05, 0.1) is 27.6 Å². The normalized spacial score (nSPS) is 11.2. The number of para-hydroxylation sites is 2. The molecule has 3 aromatic heterocycles. The lowest BCUT2D eigenvalue weighted by Crippen LogP contribution is -2.23. The van der Waals surface area contributed by atoms with E-state index in [-0.39, 0.29) is 24.4 Å². The Morgan fingerprint density at radius 1 is 1.07 bits per heavy atom. The van der Waals surface area contributed by atoms with Gasteiger partial charge in [-0.2, -0.15) is 0 Å². The minimum atomic E-state index is -0.166. The van der Waals surface area contributed by atoms with Crippen molar-refractivity contribution in [1.82, 2.24) is 14.5 Å². The molecule has 1 amide bonds. The minimum absolute atomic E-state index is 0.121. The fourth-order valence-corrected chi connectivity index (χ4v) is 4.98. The fourth-order valence-electron chi connectivity index (χ4n) is 3.25. The molecule has 148 valence electrons. The van der Waals surface area contributed by atoms with Gasteiger partial charge in [-0.25, -0.2) is 9.97 Å². The van der Waals surface area contributed by atoms with Gasteiger partial charge in [0.1, 0.15) is 9.84 Å². The van der Waals surface area contributed by atoms with E-state index >= 15 is 0 Å². The number of aryl methyl sites for hydroxylation is 1. The molecule has 0 saturated carbocycles. The van der Waals surface area contributed by atoms with Gasteiger partial charge in [-0.15, -0.1) is 22.7 Å². The van der Waals surface area contributed by atoms with Crippen LogP contribution in [0.4, 0.5) is 5.69 Å². The lowest BCUT2D eigenvalue weighted by Gasteiger charge is -2.10. The van der Waals surface area contributed by atoms with Crippen LogP contribution in [0.15, 0.2) is 71.1 Å². The van der Waals surface area contributed by atoms with E-state index in [1.807, 2.05) is 53.9 Å². The number of nitrogens with one attached hydrogen (secondary N) is 1. The van der Waals surface area contributed by atoms with Crippen LogP contribution in [0.3, 0.4) is 0 Å². The number of amides is 1. The molecule has 0 fully saturated rings. The summed E-state index contributed by atoms with van der Waals surface area (Å²) in [7, 11) is 0. The first kappa shape index (κ1) is 18.7. The number of hydrogen-bond acceptors (Lipinski definition) is 6. The predicted octanol–water partition coefficient (Wildman–Crippen LogP) is 4.76. The molecule has 0 spiro atoms. The molecule has 0 aliphatic rings. The Labute approximate surface area is 179 Å². The topological polar surface area (TPSA) is 76.9 Å². The first-order valence-electron chi connectivity index (χ1n) is 9.36. The van der Waals surface area contributed by atoms with Crippen LogP contribution in [0, 0.1) is 0 Å². The minimum Gasteiger partial charge on any atom is -0.325 e. The number of nitrogens with zero attached hydrogens (tertiary/aromatic N) is 3. The number of thiophene rings is 1. The Hall–Kier alpha value is -3.36. The van der Waals surface area contributed by atoms with Gasteiger partial charge in [-0.3, -0.25) is 14.2 Å². The second-order valence-electron chi connectivity index (χ2n) is 6.71. The number of fused-ring (bicyclic) bond motifs is 2. The highest BCUT2D eigenvalue weighted by molar-refractivity contribution is 7.21. The Morgan fingerprint density at radius 2 is 1.90 bits per heavy atom. The summed E-state index contributed by atoms with van der Waals surface area (Å²) >= 11 is 3.02. The van der Waals surface area contributed by atoms with E-state index in [0.717, 1.165) is 20.8 Å². The van der Waals surface area contributed by atoms with Gasteiger partial charge in [-0.05, 0) is 35.7 Å². The standard InChI is InChI=1S/C22H16N4O2S2/c27-19(9-11-26-13-23-20-15(22(26)28)10-12-29-20)24-16-6-2-1-5-14(16)21-25-17-7-3-4-8-18(17)30-21/h1-8,10,12-13H,9,11H2,(H,24,27). The van der Waals surface area contributed by atoms with Crippen molar-refractivity contribution in [2.24, 2.45) is 0 Å². The van der Waals surface area contributed by atoms with E-state index in [1.54, 1.807) is 17.4 Å². The van der Waals surface area contributed by atoms with Crippen molar-refractivity contribution in [3.63, 3.8) is 0 Å². The molecule has 0 bridgehead atoms. The van der Waals surface area contributed by atoms with Crippen molar-refractivity contribution in [3.05, 3.63) is 76.7 Å².